The van der Waals surface area contributed by atoms with Crippen molar-refractivity contribution in [3.63, 3.8) is 0 Å². The molecule has 1 aromatic carbocycles. The summed E-state index contributed by atoms with van der Waals surface area (Å²) in [5.74, 6) is 0.630. The van der Waals surface area contributed by atoms with E-state index in [4.69, 9.17) is 4.74 Å². The van der Waals surface area contributed by atoms with Crippen LogP contribution >= 0.6 is 11.8 Å². The summed E-state index contributed by atoms with van der Waals surface area (Å²) >= 11 is 1.64. The van der Waals surface area contributed by atoms with E-state index in [-0.39, 0.29) is 5.91 Å². The van der Waals surface area contributed by atoms with E-state index in [1.807, 2.05) is 24.5 Å². The van der Waals surface area contributed by atoms with Gasteiger partial charge in [0.2, 0.25) is 5.91 Å². The molecule has 0 saturated carbocycles. The summed E-state index contributed by atoms with van der Waals surface area (Å²) in [4.78, 5) is 24.3. The van der Waals surface area contributed by atoms with Gasteiger partial charge in [-0.2, -0.15) is 11.8 Å². The largest absolute Gasteiger partial charge is 0.444 e. The quantitative estimate of drug-likeness (QED) is 0.658. The molecular weight excluding hydrogens is 336 g/mol. The minimum absolute atomic E-state index is 0.159. The molecule has 25 heavy (non-hydrogen) atoms. The minimum Gasteiger partial charge on any atom is -0.444 e. The van der Waals surface area contributed by atoms with E-state index >= 15 is 0 Å². The molecule has 0 bridgehead atoms. The molecule has 0 aromatic heterocycles. The number of carbonyl (C=O) groups is 2. The Morgan fingerprint density at radius 2 is 1.88 bits per heavy atom. The summed E-state index contributed by atoms with van der Waals surface area (Å²) in [6, 6.07) is 9.59. The van der Waals surface area contributed by atoms with Crippen LogP contribution in [0.4, 0.5) is 4.79 Å². The smallest absolute Gasteiger partial charge is 0.408 e. The molecule has 1 aromatic rings. The standard InChI is InChI=1S/C19H30N2O3S/c1-19(2,3)24-18(23)21-16(12-14-25-4)17(22)20-13-8-11-15-9-6-5-7-10-15/h5-7,9-10,16H,8,11-14H2,1-4H3,(H,20,22)(H,21,23)/t16-/m1/s1. The second-order valence-corrected chi connectivity index (χ2v) is 7.85. The van der Waals surface area contributed by atoms with Crippen molar-refractivity contribution < 1.29 is 14.3 Å². The molecule has 0 heterocycles. The van der Waals surface area contributed by atoms with E-state index in [0.717, 1.165) is 18.6 Å². The van der Waals surface area contributed by atoms with Crippen LogP contribution in [0.15, 0.2) is 30.3 Å². The van der Waals surface area contributed by atoms with E-state index < -0.39 is 17.7 Å². The van der Waals surface area contributed by atoms with Crippen molar-refractivity contribution in [3.05, 3.63) is 35.9 Å². The van der Waals surface area contributed by atoms with Crippen LogP contribution in [-0.2, 0) is 16.0 Å². The summed E-state index contributed by atoms with van der Waals surface area (Å²) in [6.45, 7) is 5.98. The van der Waals surface area contributed by atoms with Gasteiger partial charge in [-0.05, 0) is 57.6 Å². The first kappa shape index (κ1) is 21.4. The summed E-state index contributed by atoms with van der Waals surface area (Å²) in [7, 11) is 0. The topological polar surface area (TPSA) is 67.4 Å². The Bertz CT molecular complexity index is 529. The van der Waals surface area contributed by atoms with Gasteiger partial charge < -0.3 is 15.4 Å². The maximum Gasteiger partial charge on any atom is 0.408 e. The van der Waals surface area contributed by atoms with Gasteiger partial charge in [0.25, 0.3) is 0 Å². The molecule has 0 radical (unpaired) electrons. The number of amides is 2. The average Bonchev–Trinajstić information content (AvgIpc) is 2.54. The Balaban J connectivity index is 2.42. The highest BCUT2D eigenvalue weighted by Crippen LogP contribution is 2.08. The Kier molecular flexibility index (Phi) is 9.42. The third kappa shape index (κ3) is 10.0. The Hall–Kier alpha value is -1.69. The molecule has 0 spiro atoms. The molecule has 0 aliphatic carbocycles. The molecular formula is C19H30N2O3S. The van der Waals surface area contributed by atoms with Gasteiger partial charge in [0.1, 0.15) is 11.6 Å². The second kappa shape index (κ2) is 11.0. The number of thioether (sulfide) groups is 1. The van der Waals surface area contributed by atoms with E-state index in [2.05, 4.69) is 22.8 Å². The van der Waals surface area contributed by atoms with Crippen molar-refractivity contribution in [2.75, 3.05) is 18.6 Å². The van der Waals surface area contributed by atoms with Crippen LogP contribution in [0.2, 0.25) is 0 Å². The molecule has 0 aliphatic heterocycles. The lowest BCUT2D eigenvalue weighted by molar-refractivity contribution is -0.123. The Morgan fingerprint density at radius 3 is 2.48 bits per heavy atom. The molecule has 0 saturated heterocycles. The first-order chi connectivity index (χ1) is 11.8. The number of hydrogen-bond donors (Lipinski definition) is 2. The highest BCUT2D eigenvalue weighted by molar-refractivity contribution is 7.98. The van der Waals surface area contributed by atoms with Crippen molar-refractivity contribution in [3.8, 4) is 0 Å². The summed E-state index contributed by atoms with van der Waals surface area (Å²) in [5.41, 5.74) is 0.669. The Morgan fingerprint density at radius 1 is 1.20 bits per heavy atom. The summed E-state index contributed by atoms with van der Waals surface area (Å²) in [5, 5.41) is 5.59. The van der Waals surface area contributed by atoms with Crippen LogP contribution in [-0.4, -0.2) is 42.2 Å². The van der Waals surface area contributed by atoms with Crippen molar-refractivity contribution in [2.45, 2.75) is 51.7 Å². The first-order valence-corrected chi connectivity index (χ1v) is 10.0. The van der Waals surface area contributed by atoms with Crippen LogP contribution in [0.25, 0.3) is 0 Å². The molecule has 0 fully saturated rings. The molecule has 1 atom stereocenters. The van der Waals surface area contributed by atoms with Crippen molar-refractivity contribution in [2.24, 2.45) is 0 Å². The number of alkyl carbamates (subject to hydrolysis) is 1. The maximum atomic E-state index is 12.4. The zero-order chi connectivity index (χ0) is 18.7. The normalized spacial score (nSPS) is 12.3. The monoisotopic (exact) mass is 366 g/mol. The maximum absolute atomic E-state index is 12.4. The number of nitrogens with one attached hydrogen (secondary N) is 2. The molecule has 140 valence electrons. The summed E-state index contributed by atoms with van der Waals surface area (Å²) < 4.78 is 5.24. The van der Waals surface area contributed by atoms with Crippen LogP contribution < -0.4 is 10.6 Å². The number of hydrogen-bond acceptors (Lipinski definition) is 4. The third-order valence-electron chi connectivity index (χ3n) is 3.40. The molecule has 2 N–H and O–H groups in total. The van der Waals surface area contributed by atoms with Gasteiger partial charge in [0.05, 0.1) is 0 Å². The second-order valence-electron chi connectivity index (χ2n) is 6.86. The van der Waals surface area contributed by atoms with Crippen LogP contribution in [0.1, 0.15) is 39.2 Å². The molecule has 1 rings (SSSR count). The number of rotatable bonds is 9. The van der Waals surface area contributed by atoms with Gasteiger partial charge in [-0.15, -0.1) is 0 Å². The molecule has 0 aliphatic rings. The molecule has 0 unspecified atom stereocenters. The predicted molar refractivity (Wildman–Crippen MR) is 104 cm³/mol. The SMILES string of the molecule is CSCC[C@@H](NC(=O)OC(C)(C)C)C(=O)NCCCc1ccccc1. The van der Waals surface area contributed by atoms with Gasteiger partial charge in [0.15, 0.2) is 0 Å². The van der Waals surface area contributed by atoms with E-state index in [0.29, 0.717) is 13.0 Å². The van der Waals surface area contributed by atoms with Crippen molar-refractivity contribution >= 4 is 23.8 Å². The fraction of sp³-hybridized carbons (Fsp3) is 0.579. The molecule has 2 amide bonds. The Labute approximate surface area is 155 Å². The van der Waals surface area contributed by atoms with Crippen molar-refractivity contribution in [1.29, 1.82) is 0 Å². The van der Waals surface area contributed by atoms with Gasteiger partial charge in [-0.1, -0.05) is 30.3 Å². The highest BCUT2D eigenvalue weighted by Gasteiger charge is 2.23. The van der Waals surface area contributed by atoms with E-state index in [9.17, 15) is 9.59 Å². The zero-order valence-electron chi connectivity index (χ0n) is 15.6. The third-order valence-corrected chi connectivity index (χ3v) is 4.05. The highest BCUT2D eigenvalue weighted by atomic mass is 32.2. The number of aryl methyl sites for hydroxylation is 1. The van der Waals surface area contributed by atoms with Gasteiger partial charge in [-0.3, -0.25) is 4.79 Å². The van der Waals surface area contributed by atoms with Gasteiger partial charge >= 0.3 is 6.09 Å². The van der Waals surface area contributed by atoms with Crippen molar-refractivity contribution in [1.82, 2.24) is 10.6 Å². The number of ether oxygens (including phenoxy) is 1. The fourth-order valence-electron chi connectivity index (χ4n) is 2.23. The average molecular weight is 367 g/mol. The lowest BCUT2D eigenvalue weighted by atomic mass is 10.1. The summed E-state index contributed by atoms with van der Waals surface area (Å²) in [6.07, 6.45) is 3.76. The number of carbonyl (C=O) groups excluding carboxylic acids is 2. The lowest BCUT2D eigenvalue weighted by Gasteiger charge is -2.23. The predicted octanol–water partition coefficient (Wildman–Crippen LogP) is 3.38. The van der Waals surface area contributed by atoms with Gasteiger partial charge in [-0.25, -0.2) is 4.79 Å². The molecule has 5 nitrogen and oxygen atoms in total. The van der Waals surface area contributed by atoms with E-state index in [1.165, 1.54) is 5.56 Å². The first-order valence-electron chi connectivity index (χ1n) is 8.62. The van der Waals surface area contributed by atoms with Crippen LogP contribution in [0, 0.1) is 0 Å². The van der Waals surface area contributed by atoms with Crippen LogP contribution in [0.3, 0.4) is 0 Å². The molecule has 6 heteroatoms. The van der Waals surface area contributed by atoms with E-state index in [1.54, 1.807) is 32.5 Å². The van der Waals surface area contributed by atoms with Gasteiger partial charge in [0, 0.05) is 6.54 Å². The van der Waals surface area contributed by atoms with Crippen LogP contribution in [0.5, 0.6) is 0 Å². The minimum atomic E-state index is -0.583. The number of benzene rings is 1. The lowest BCUT2D eigenvalue weighted by Crippen LogP contribution is -2.48. The zero-order valence-corrected chi connectivity index (χ0v) is 16.4. The fourth-order valence-corrected chi connectivity index (χ4v) is 2.70.